The lowest BCUT2D eigenvalue weighted by atomic mass is 10.0. The van der Waals surface area contributed by atoms with E-state index in [1.807, 2.05) is 50.2 Å². The summed E-state index contributed by atoms with van der Waals surface area (Å²) < 4.78 is 5.75. The zero-order chi connectivity index (χ0) is 26.8. The minimum absolute atomic E-state index is 0.0690. The fraction of sp³-hybridized carbons (Fsp3) is 0.310. The van der Waals surface area contributed by atoms with Gasteiger partial charge in [-0.25, -0.2) is 0 Å². The van der Waals surface area contributed by atoms with Crippen LogP contribution in [0.3, 0.4) is 0 Å². The number of halogens is 3. The largest absolute Gasteiger partial charge is 0.494 e. The SMILES string of the molecule is CC(C)NC(=O)[C@@H](Cc1ccccc1)N(Cc1ccc(Cl)c(Cl)c1)C(=O)CCCOc1ccc(Cl)cc1. The molecule has 5 nitrogen and oxygen atoms in total. The Kier molecular flexibility index (Phi) is 11.1. The standard InChI is InChI=1S/C29H31Cl3N2O3/c1-20(2)33-29(36)27(18-21-7-4-3-5-8-21)34(19-22-10-15-25(31)26(32)17-22)28(35)9-6-16-37-24-13-11-23(30)12-14-24/h3-5,7-8,10-15,17,20,27H,6,9,16,18-19H2,1-2H3,(H,33,36)/t27-/m1/s1. The highest BCUT2D eigenvalue weighted by Gasteiger charge is 2.30. The molecule has 0 radical (unpaired) electrons. The molecule has 2 amide bonds. The summed E-state index contributed by atoms with van der Waals surface area (Å²) in [5, 5.41) is 4.44. The maximum atomic E-state index is 13.6. The van der Waals surface area contributed by atoms with Crippen LogP contribution in [-0.4, -0.2) is 35.4 Å². The van der Waals surface area contributed by atoms with Crippen molar-refractivity contribution >= 4 is 46.6 Å². The highest BCUT2D eigenvalue weighted by atomic mass is 35.5. The summed E-state index contributed by atoms with van der Waals surface area (Å²) in [6.07, 6.45) is 1.09. The number of carbonyl (C=O) groups is 2. The average molecular weight is 562 g/mol. The van der Waals surface area contributed by atoms with Gasteiger partial charge in [0.15, 0.2) is 0 Å². The van der Waals surface area contributed by atoms with Crippen molar-refractivity contribution in [2.24, 2.45) is 0 Å². The molecular formula is C29H31Cl3N2O3. The summed E-state index contributed by atoms with van der Waals surface area (Å²) in [4.78, 5) is 28.6. The fourth-order valence-electron chi connectivity index (χ4n) is 3.86. The highest BCUT2D eigenvalue weighted by Crippen LogP contribution is 2.25. The number of ether oxygens (including phenoxy) is 1. The summed E-state index contributed by atoms with van der Waals surface area (Å²) >= 11 is 18.3. The Hall–Kier alpha value is -2.73. The van der Waals surface area contributed by atoms with Crippen molar-refractivity contribution < 1.29 is 14.3 Å². The molecule has 0 aliphatic carbocycles. The molecule has 3 aromatic rings. The first-order valence-corrected chi connectivity index (χ1v) is 13.3. The molecule has 0 fully saturated rings. The van der Waals surface area contributed by atoms with Crippen LogP contribution in [0.25, 0.3) is 0 Å². The first kappa shape index (κ1) is 28.8. The molecule has 0 unspecified atom stereocenters. The molecule has 0 spiro atoms. The molecule has 0 saturated carbocycles. The van der Waals surface area contributed by atoms with Crippen molar-refractivity contribution in [1.29, 1.82) is 0 Å². The summed E-state index contributed by atoms with van der Waals surface area (Å²) in [6, 6.07) is 21.2. The minimum Gasteiger partial charge on any atom is -0.494 e. The van der Waals surface area contributed by atoms with E-state index in [9.17, 15) is 9.59 Å². The number of hydrogen-bond donors (Lipinski definition) is 1. The maximum Gasteiger partial charge on any atom is 0.243 e. The minimum atomic E-state index is -0.705. The van der Waals surface area contributed by atoms with E-state index in [4.69, 9.17) is 39.5 Å². The summed E-state index contributed by atoms with van der Waals surface area (Å²) in [5.41, 5.74) is 1.75. The molecule has 8 heteroatoms. The lowest BCUT2D eigenvalue weighted by molar-refractivity contribution is -0.141. The predicted molar refractivity (Wildman–Crippen MR) is 150 cm³/mol. The van der Waals surface area contributed by atoms with Gasteiger partial charge in [0.25, 0.3) is 0 Å². The van der Waals surface area contributed by atoms with Gasteiger partial charge < -0.3 is 15.0 Å². The van der Waals surface area contributed by atoms with Crippen LogP contribution in [0.15, 0.2) is 72.8 Å². The van der Waals surface area contributed by atoms with Gasteiger partial charge in [-0.1, -0.05) is 71.2 Å². The molecule has 3 rings (SSSR count). The van der Waals surface area contributed by atoms with E-state index in [2.05, 4.69) is 5.32 Å². The Labute approximate surface area is 233 Å². The number of benzene rings is 3. The number of hydrogen-bond acceptors (Lipinski definition) is 3. The number of nitrogens with zero attached hydrogens (tertiary/aromatic N) is 1. The predicted octanol–water partition coefficient (Wildman–Crippen LogP) is 6.97. The number of carbonyl (C=O) groups excluding carboxylic acids is 2. The molecule has 0 bridgehead atoms. The molecule has 0 aromatic heterocycles. The molecule has 0 aliphatic rings. The molecule has 0 heterocycles. The lowest BCUT2D eigenvalue weighted by Crippen LogP contribution is -2.51. The van der Waals surface area contributed by atoms with Gasteiger partial charge in [0, 0.05) is 30.5 Å². The van der Waals surface area contributed by atoms with Crippen molar-refractivity contribution in [3.63, 3.8) is 0 Å². The van der Waals surface area contributed by atoms with Crippen LogP contribution in [0.4, 0.5) is 0 Å². The third-order valence-electron chi connectivity index (χ3n) is 5.66. The quantitative estimate of drug-likeness (QED) is 0.243. The van der Waals surface area contributed by atoms with Crippen molar-refractivity contribution in [2.75, 3.05) is 6.61 Å². The van der Waals surface area contributed by atoms with E-state index in [1.54, 1.807) is 41.3 Å². The zero-order valence-corrected chi connectivity index (χ0v) is 23.2. The van der Waals surface area contributed by atoms with Crippen LogP contribution in [0, 0.1) is 0 Å². The lowest BCUT2D eigenvalue weighted by Gasteiger charge is -2.32. The van der Waals surface area contributed by atoms with Gasteiger partial charge in [0.05, 0.1) is 16.7 Å². The second kappa shape index (κ2) is 14.3. The molecule has 196 valence electrons. The Morgan fingerprint density at radius 3 is 2.24 bits per heavy atom. The Morgan fingerprint density at radius 2 is 1.59 bits per heavy atom. The molecule has 1 N–H and O–H groups in total. The van der Waals surface area contributed by atoms with Gasteiger partial charge in [-0.3, -0.25) is 9.59 Å². The number of amides is 2. The summed E-state index contributed by atoms with van der Waals surface area (Å²) in [6.45, 7) is 4.37. The van der Waals surface area contributed by atoms with Gasteiger partial charge in [-0.2, -0.15) is 0 Å². The van der Waals surface area contributed by atoms with E-state index in [1.165, 1.54) is 0 Å². The first-order valence-electron chi connectivity index (χ1n) is 12.2. The molecular weight excluding hydrogens is 531 g/mol. The van der Waals surface area contributed by atoms with Gasteiger partial charge in [0.2, 0.25) is 11.8 Å². The topological polar surface area (TPSA) is 58.6 Å². The van der Waals surface area contributed by atoms with Crippen molar-refractivity contribution in [1.82, 2.24) is 10.2 Å². The fourth-order valence-corrected chi connectivity index (χ4v) is 4.30. The highest BCUT2D eigenvalue weighted by molar-refractivity contribution is 6.42. The van der Waals surface area contributed by atoms with Crippen LogP contribution in [0.1, 0.15) is 37.8 Å². The van der Waals surface area contributed by atoms with Gasteiger partial charge in [-0.05, 0) is 67.8 Å². The van der Waals surface area contributed by atoms with E-state index in [0.717, 1.165) is 11.1 Å². The van der Waals surface area contributed by atoms with Crippen molar-refractivity contribution in [2.45, 2.75) is 51.7 Å². The van der Waals surface area contributed by atoms with Gasteiger partial charge in [-0.15, -0.1) is 0 Å². The third-order valence-corrected chi connectivity index (χ3v) is 6.65. The van der Waals surface area contributed by atoms with Crippen molar-refractivity contribution in [3.8, 4) is 5.75 Å². The van der Waals surface area contributed by atoms with E-state index < -0.39 is 6.04 Å². The Balaban J connectivity index is 1.80. The molecule has 3 aromatic carbocycles. The van der Waals surface area contributed by atoms with Crippen LogP contribution in [0.2, 0.25) is 15.1 Å². The van der Waals surface area contributed by atoms with Crippen molar-refractivity contribution in [3.05, 3.63) is 99.0 Å². The monoisotopic (exact) mass is 560 g/mol. The smallest absolute Gasteiger partial charge is 0.243 e. The van der Waals surface area contributed by atoms with E-state index in [-0.39, 0.29) is 30.8 Å². The zero-order valence-electron chi connectivity index (χ0n) is 20.9. The first-order chi connectivity index (χ1) is 17.7. The Morgan fingerprint density at radius 1 is 0.892 bits per heavy atom. The molecule has 37 heavy (non-hydrogen) atoms. The molecule has 0 saturated heterocycles. The Bertz CT molecular complexity index is 1170. The van der Waals surface area contributed by atoms with Gasteiger partial charge in [0.1, 0.15) is 11.8 Å². The van der Waals surface area contributed by atoms with E-state index in [0.29, 0.717) is 40.3 Å². The normalized spacial score (nSPS) is 11.7. The summed E-state index contributed by atoms with van der Waals surface area (Å²) in [7, 11) is 0. The number of rotatable bonds is 12. The second-order valence-corrected chi connectivity index (χ2v) is 10.3. The average Bonchev–Trinajstić information content (AvgIpc) is 2.87. The van der Waals surface area contributed by atoms with Gasteiger partial charge >= 0.3 is 0 Å². The molecule has 0 aliphatic heterocycles. The third kappa shape index (κ3) is 9.26. The van der Waals surface area contributed by atoms with Crippen LogP contribution in [-0.2, 0) is 22.6 Å². The molecule has 1 atom stereocenters. The second-order valence-electron chi connectivity index (χ2n) is 9.04. The van der Waals surface area contributed by atoms with E-state index >= 15 is 0 Å². The van der Waals surface area contributed by atoms with Crippen LogP contribution < -0.4 is 10.1 Å². The van der Waals surface area contributed by atoms with Crippen LogP contribution >= 0.6 is 34.8 Å². The number of nitrogens with one attached hydrogen (secondary N) is 1. The van der Waals surface area contributed by atoms with Crippen LogP contribution in [0.5, 0.6) is 5.75 Å². The maximum absolute atomic E-state index is 13.6. The summed E-state index contributed by atoms with van der Waals surface area (Å²) in [5.74, 6) is 0.332.